The number of carbonyl (C=O) groups is 1. The molecule has 1 amide bonds. The first-order valence-electron chi connectivity index (χ1n) is 6.43. The molecule has 0 aliphatic carbocycles. The van der Waals surface area contributed by atoms with E-state index in [-0.39, 0.29) is 18.7 Å². The highest BCUT2D eigenvalue weighted by molar-refractivity contribution is 5.95. The van der Waals surface area contributed by atoms with Crippen LogP contribution in [0.3, 0.4) is 0 Å². The maximum Gasteiger partial charge on any atom is 0.256 e. The van der Waals surface area contributed by atoms with Gasteiger partial charge in [-0.05, 0) is 31.5 Å². The van der Waals surface area contributed by atoms with Crippen molar-refractivity contribution < 1.29 is 14.3 Å². The quantitative estimate of drug-likeness (QED) is 0.743. The summed E-state index contributed by atoms with van der Waals surface area (Å²) in [5.74, 6) is 4.43. The number of halogens is 1. The highest BCUT2D eigenvalue weighted by Crippen LogP contribution is 2.23. The Bertz CT molecular complexity index is 587. The molecule has 2 rings (SSSR count). The third-order valence-electron chi connectivity index (χ3n) is 3.27. The Labute approximate surface area is 117 Å². The number of amides is 1. The molecule has 1 aliphatic heterocycles. The molecule has 1 heterocycles. The molecule has 1 unspecified atom stereocenters. The normalized spacial score (nSPS) is 21.5. The van der Waals surface area contributed by atoms with Gasteiger partial charge in [0.1, 0.15) is 5.82 Å². The summed E-state index contributed by atoms with van der Waals surface area (Å²) in [6.07, 6.45) is 0.493. The van der Waals surface area contributed by atoms with Crippen LogP contribution in [0.15, 0.2) is 18.2 Å². The van der Waals surface area contributed by atoms with Gasteiger partial charge in [0.05, 0.1) is 17.7 Å². The van der Waals surface area contributed by atoms with E-state index in [1.165, 1.54) is 23.1 Å². The third-order valence-corrected chi connectivity index (χ3v) is 3.27. The Hall–Kier alpha value is -1.90. The van der Waals surface area contributed by atoms with Crippen molar-refractivity contribution in [3.8, 4) is 11.8 Å². The summed E-state index contributed by atoms with van der Waals surface area (Å²) < 4.78 is 13.8. The number of nitrogens with zero attached hydrogens (tertiary/aromatic N) is 1. The fourth-order valence-corrected chi connectivity index (χ4v) is 2.21. The Balaban J connectivity index is 2.25. The minimum absolute atomic E-state index is 0.0217. The van der Waals surface area contributed by atoms with E-state index >= 15 is 0 Å². The molecule has 3 N–H and O–H groups in total. The van der Waals surface area contributed by atoms with Gasteiger partial charge in [-0.2, -0.15) is 0 Å². The van der Waals surface area contributed by atoms with Crippen molar-refractivity contribution in [1.82, 2.24) is 4.90 Å². The molecule has 1 saturated heterocycles. The lowest BCUT2D eigenvalue weighted by molar-refractivity contribution is 0.0569. The lowest BCUT2D eigenvalue weighted by Crippen LogP contribution is -2.34. The molecule has 1 aromatic rings. The first kappa shape index (κ1) is 14.5. The first-order valence-corrected chi connectivity index (χ1v) is 6.43. The highest BCUT2D eigenvalue weighted by Gasteiger charge is 2.35. The number of benzene rings is 1. The molecule has 106 valence electrons. The van der Waals surface area contributed by atoms with Crippen LogP contribution < -0.4 is 5.73 Å². The Kier molecular flexibility index (Phi) is 4.07. The van der Waals surface area contributed by atoms with Gasteiger partial charge >= 0.3 is 0 Å². The predicted molar refractivity (Wildman–Crippen MR) is 73.5 cm³/mol. The van der Waals surface area contributed by atoms with Crippen LogP contribution >= 0.6 is 0 Å². The molecule has 4 nitrogen and oxygen atoms in total. The molecule has 1 aliphatic rings. The number of β-amino-alcohol motifs (C(OH)–C–C–N with tert-alkyl or cyclic N) is 1. The largest absolute Gasteiger partial charge is 0.388 e. The van der Waals surface area contributed by atoms with Gasteiger partial charge < -0.3 is 15.7 Å². The molecular formula is C15H17FN2O2. The van der Waals surface area contributed by atoms with Gasteiger partial charge in [0.25, 0.3) is 5.91 Å². The predicted octanol–water partition coefficient (Wildman–Crippen LogP) is 0.733. The van der Waals surface area contributed by atoms with Gasteiger partial charge in [-0.15, -0.1) is 0 Å². The van der Waals surface area contributed by atoms with Gasteiger partial charge in [0.2, 0.25) is 0 Å². The van der Waals surface area contributed by atoms with Crippen LogP contribution in [0.1, 0.15) is 29.3 Å². The second kappa shape index (κ2) is 5.61. The van der Waals surface area contributed by atoms with Crippen molar-refractivity contribution in [3.63, 3.8) is 0 Å². The fourth-order valence-electron chi connectivity index (χ4n) is 2.21. The van der Waals surface area contributed by atoms with Gasteiger partial charge in [0.15, 0.2) is 0 Å². The van der Waals surface area contributed by atoms with Crippen LogP contribution in [0.4, 0.5) is 4.39 Å². The third kappa shape index (κ3) is 3.16. The SMILES string of the molecule is CC1(O)CCN(C(=O)c2cc(C#CCN)ccc2F)C1. The van der Waals surface area contributed by atoms with Crippen molar-refractivity contribution in [2.45, 2.75) is 18.9 Å². The molecule has 1 atom stereocenters. The van der Waals surface area contributed by atoms with Gasteiger partial charge in [-0.3, -0.25) is 4.79 Å². The number of carbonyl (C=O) groups excluding carboxylic acids is 1. The average Bonchev–Trinajstić information content (AvgIpc) is 2.77. The molecule has 0 spiro atoms. The second-order valence-electron chi connectivity index (χ2n) is 5.17. The first-order chi connectivity index (χ1) is 9.43. The standard InChI is InChI=1S/C15H17FN2O2/c1-15(20)6-8-18(10-15)14(19)12-9-11(3-2-7-17)4-5-13(12)16/h4-5,9,20H,6-8,10,17H2,1H3. The minimum Gasteiger partial charge on any atom is -0.388 e. The molecule has 1 fully saturated rings. The molecular weight excluding hydrogens is 259 g/mol. The van der Waals surface area contributed by atoms with Crippen molar-refractivity contribution in [1.29, 1.82) is 0 Å². The molecule has 1 aromatic carbocycles. The minimum atomic E-state index is -0.900. The van der Waals surface area contributed by atoms with Crippen LogP contribution in [0.25, 0.3) is 0 Å². The maximum atomic E-state index is 13.8. The summed E-state index contributed by atoms with van der Waals surface area (Å²) in [6, 6.07) is 4.16. The molecule has 5 heteroatoms. The van der Waals surface area contributed by atoms with Crippen molar-refractivity contribution in [3.05, 3.63) is 35.1 Å². The molecule has 0 bridgehead atoms. The Morgan fingerprint density at radius 2 is 2.35 bits per heavy atom. The number of hydrogen-bond donors (Lipinski definition) is 2. The average molecular weight is 276 g/mol. The number of aliphatic hydroxyl groups is 1. The van der Waals surface area contributed by atoms with Crippen LogP contribution in [0.5, 0.6) is 0 Å². The summed E-state index contributed by atoms with van der Waals surface area (Å²) in [5.41, 5.74) is 4.91. The van der Waals surface area contributed by atoms with Crippen molar-refractivity contribution >= 4 is 5.91 Å². The van der Waals surface area contributed by atoms with E-state index in [9.17, 15) is 14.3 Å². The van der Waals surface area contributed by atoms with E-state index in [4.69, 9.17) is 5.73 Å². The topological polar surface area (TPSA) is 66.6 Å². The molecule has 0 aromatic heterocycles. The van der Waals surface area contributed by atoms with E-state index in [0.717, 1.165) is 0 Å². The summed E-state index contributed by atoms with van der Waals surface area (Å²) in [7, 11) is 0. The monoisotopic (exact) mass is 276 g/mol. The smallest absolute Gasteiger partial charge is 0.256 e. The molecule has 0 saturated carbocycles. The molecule has 20 heavy (non-hydrogen) atoms. The zero-order valence-corrected chi connectivity index (χ0v) is 11.3. The van der Waals surface area contributed by atoms with Gasteiger partial charge in [0, 0.05) is 18.7 Å². The van der Waals surface area contributed by atoms with Crippen LogP contribution in [-0.2, 0) is 0 Å². The summed E-state index contributed by atoms with van der Waals surface area (Å²) in [5, 5.41) is 9.88. The van der Waals surface area contributed by atoms with E-state index in [0.29, 0.717) is 18.5 Å². The summed E-state index contributed by atoms with van der Waals surface area (Å²) >= 11 is 0. The summed E-state index contributed by atoms with van der Waals surface area (Å²) in [6.45, 7) is 2.50. The van der Waals surface area contributed by atoms with Gasteiger partial charge in [-0.25, -0.2) is 4.39 Å². The van der Waals surface area contributed by atoms with Crippen molar-refractivity contribution in [2.24, 2.45) is 5.73 Å². The number of rotatable bonds is 1. The zero-order chi connectivity index (χ0) is 14.8. The Morgan fingerprint density at radius 3 is 2.95 bits per heavy atom. The fraction of sp³-hybridized carbons (Fsp3) is 0.400. The van der Waals surface area contributed by atoms with E-state index in [1.54, 1.807) is 6.92 Å². The lowest BCUT2D eigenvalue weighted by Gasteiger charge is -2.19. The Morgan fingerprint density at radius 1 is 1.60 bits per heavy atom. The number of nitrogens with two attached hydrogens (primary N) is 1. The lowest BCUT2D eigenvalue weighted by atomic mass is 10.1. The zero-order valence-electron chi connectivity index (χ0n) is 11.3. The highest BCUT2D eigenvalue weighted by atomic mass is 19.1. The maximum absolute atomic E-state index is 13.8. The van der Waals surface area contributed by atoms with Crippen molar-refractivity contribution in [2.75, 3.05) is 19.6 Å². The van der Waals surface area contributed by atoms with Crippen LogP contribution in [-0.4, -0.2) is 41.1 Å². The molecule has 0 radical (unpaired) electrons. The van der Waals surface area contributed by atoms with Gasteiger partial charge in [-0.1, -0.05) is 11.8 Å². The van der Waals surface area contributed by atoms with E-state index in [2.05, 4.69) is 11.8 Å². The van der Waals surface area contributed by atoms with Crippen LogP contribution in [0, 0.1) is 17.7 Å². The van der Waals surface area contributed by atoms with E-state index < -0.39 is 17.3 Å². The number of hydrogen-bond acceptors (Lipinski definition) is 3. The second-order valence-corrected chi connectivity index (χ2v) is 5.17. The van der Waals surface area contributed by atoms with Crippen LogP contribution in [0.2, 0.25) is 0 Å². The summed E-state index contributed by atoms with van der Waals surface area (Å²) in [4.78, 5) is 13.7. The number of likely N-dealkylation sites (tertiary alicyclic amines) is 1. The van der Waals surface area contributed by atoms with E-state index in [1.807, 2.05) is 0 Å².